The molecule has 1 rings (SSSR count). The first-order chi connectivity index (χ1) is 6.76. The van der Waals surface area contributed by atoms with E-state index >= 15 is 0 Å². The molecule has 0 radical (unpaired) electrons. The lowest BCUT2D eigenvalue weighted by molar-refractivity contribution is 0.316. The molecule has 2 heteroatoms. The van der Waals surface area contributed by atoms with Gasteiger partial charge in [0.1, 0.15) is 0 Å². The van der Waals surface area contributed by atoms with Gasteiger partial charge in [-0.25, -0.2) is 0 Å². The van der Waals surface area contributed by atoms with Gasteiger partial charge in [0.05, 0.1) is 6.54 Å². The number of hydrogen-bond acceptors (Lipinski definition) is 2. The zero-order chi connectivity index (χ0) is 10.4. The molecule has 0 spiro atoms. The van der Waals surface area contributed by atoms with E-state index in [0.717, 1.165) is 18.8 Å². The lowest BCUT2D eigenvalue weighted by atomic mass is 10.2. The summed E-state index contributed by atoms with van der Waals surface area (Å²) in [6.07, 6.45) is 5.27. The molecule has 14 heavy (non-hydrogen) atoms. The van der Waals surface area contributed by atoms with Crippen LogP contribution in [0, 0.1) is 12.3 Å². The average molecular weight is 188 g/mol. The van der Waals surface area contributed by atoms with E-state index < -0.39 is 0 Å². The molecule has 0 aliphatic rings. The highest BCUT2D eigenvalue weighted by molar-refractivity contribution is 5.40. The Labute approximate surface area is 85.7 Å². The molecule has 1 aromatic carbocycles. The normalized spacial score (nSPS) is 10.1. The van der Waals surface area contributed by atoms with Crippen LogP contribution in [-0.2, 0) is 6.54 Å². The van der Waals surface area contributed by atoms with Gasteiger partial charge in [0.2, 0.25) is 0 Å². The fourth-order valence-corrected chi connectivity index (χ4v) is 1.36. The van der Waals surface area contributed by atoms with E-state index in [1.165, 1.54) is 5.56 Å². The van der Waals surface area contributed by atoms with Crippen LogP contribution >= 0.6 is 0 Å². The smallest absolute Gasteiger partial charge is 0.0601 e. The number of rotatable bonds is 4. The van der Waals surface area contributed by atoms with Crippen molar-refractivity contribution in [3.05, 3.63) is 29.8 Å². The minimum absolute atomic E-state index is 0.686. The molecular weight excluding hydrogens is 172 g/mol. The van der Waals surface area contributed by atoms with Gasteiger partial charge in [-0.15, -0.1) is 6.42 Å². The third-order valence-corrected chi connectivity index (χ3v) is 2.12. The zero-order valence-corrected chi connectivity index (χ0v) is 8.53. The van der Waals surface area contributed by atoms with Gasteiger partial charge in [-0.3, -0.25) is 4.90 Å². The number of terminal acetylenes is 1. The average Bonchev–Trinajstić information content (AvgIpc) is 2.17. The Hall–Kier alpha value is -1.46. The molecule has 0 saturated carbocycles. The molecule has 0 atom stereocenters. The largest absolute Gasteiger partial charge is 0.399 e. The van der Waals surface area contributed by atoms with Crippen molar-refractivity contribution in [2.24, 2.45) is 0 Å². The Morgan fingerprint density at radius 3 is 2.86 bits per heavy atom. The maximum atomic E-state index is 5.69. The van der Waals surface area contributed by atoms with Gasteiger partial charge in [-0.05, 0) is 24.2 Å². The molecule has 2 nitrogen and oxygen atoms in total. The number of anilines is 1. The van der Waals surface area contributed by atoms with Crippen molar-refractivity contribution in [2.75, 3.05) is 18.8 Å². The number of nitrogens with two attached hydrogens (primary N) is 1. The van der Waals surface area contributed by atoms with Gasteiger partial charge in [0.25, 0.3) is 0 Å². The highest BCUT2D eigenvalue weighted by Gasteiger charge is 2.01. The summed E-state index contributed by atoms with van der Waals surface area (Å²) in [4.78, 5) is 2.19. The van der Waals surface area contributed by atoms with E-state index in [-0.39, 0.29) is 0 Å². The molecule has 0 unspecified atom stereocenters. The first kappa shape index (κ1) is 10.6. The molecular formula is C12H16N2. The molecule has 0 amide bonds. The van der Waals surface area contributed by atoms with Crippen LogP contribution in [0.4, 0.5) is 5.69 Å². The van der Waals surface area contributed by atoms with Crippen molar-refractivity contribution in [1.82, 2.24) is 4.90 Å². The van der Waals surface area contributed by atoms with Crippen LogP contribution in [0.25, 0.3) is 0 Å². The van der Waals surface area contributed by atoms with Crippen molar-refractivity contribution in [3.63, 3.8) is 0 Å². The van der Waals surface area contributed by atoms with E-state index in [1.807, 2.05) is 18.2 Å². The van der Waals surface area contributed by atoms with Crippen molar-refractivity contribution in [2.45, 2.75) is 13.5 Å². The molecule has 0 saturated heterocycles. The Morgan fingerprint density at radius 2 is 2.29 bits per heavy atom. The summed E-state index contributed by atoms with van der Waals surface area (Å²) in [5.41, 5.74) is 7.71. The standard InChI is InChI=1S/C12H16N2/c1-3-8-14(4-2)10-11-6-5-7-12(13)9-11/h1,5-7,9H,4,8,10,13H2,2H3. The summed E-state index contributed by atoms with van der Waals surface area (Å²) < 4.78 is 0. The Bertz CT molecular complexity index is 325. The molecule has 0 aliphatic carbocycles. The van der Waals surface area contributed by atoms with Gasteiger partial charge in [-0.2, -0.15) is 0 Å². The number of nitrogens with zero attached hydrogens (tertiary/aromatic N) is 1. The van der Waals surface area contributed by atoms with E-state index in [1.54, 1.807) is 0 Å². The summed E-state index contributed by atoms with van der Waals surface area (Å²) in [5, 5.41) is 0. The second-order valence-corrected chi connectivity index (χ2v) is 3.25. The predicted octanol–water partition coefficient (Wildman–Crippen LogP) is 1.72. The third kappa shape index (κ3) is 3.12. The van der Waals surface area contributed by atoms with Crippen LogP contribution in [0.3, 0.4) is 0 Å². The summed E-state index contributed by atoms with van der Waals surface area (Å²) in [5.74, 6) is 2.65. The molecule has 1 aromatic rings. The molecule has 0 aromatic heterocycles. The van der Waals surface area contributed by atoms with E-state index in [4.69, 9.17) is 12.2 Å². The van der Waals surface area contributed by atoms with Gasteiger partial charge in [-0.1, -0.05) is 25.0 Å². The van der Waals surface area contributed by atoms with Crippen molar-refractivity contribution < 1.29 is 0 Å². The van der Waals surface area contributed by atoms with Crippen LogP contribution in [0.15, 0.2) is 24.3 Å². The summed E-state index contributed by atoms with van der Waals surface area (Å²) in [7, 11) is 0. The van der Waals surface area contributed by atoms with Gasteiger partial charge < -0.3 is 5.73 Å². The SMILES string of the molecule is C#CCN(CC)Cc1cccc(N)c1. The number of hydrogen-bond donors (Lipinski definition) is 1. The minimum atomic E-state index is 0.686. The Morgan fingerprint density at radius 1 is 1.50 bits per heavy atom. The fourth-order valence-electron chi connectivity index (χ4n) is 1.36. The molecule has 0 fully saturated rings. The van der Waals surface area contributed by atoms with E-state index in [2.05, 4.69) is 23.8 Å². The minimum Gasteiger partial charge on any atom is -0.399 e. The summed E-state index contributed by atoms with van der Waals surface area (Å²) >= 11 is 0. The van der Waals surface area contributed by atoms with Gasteiger partial charge >= 0.3 is 0 Å². The summed E-state index contributed by atoms with van der Waals surface area (Å²) in [6.45, 7) is 4.61. The fraction of sp³-hybridized carbons (Fsp3) is 0.333. The van der Waals surface area contributed by atoms with Gasteiger partial charge in [0, 0.05) is 12.2 Å². The highest BCUT2D eigenvalue weighted by Crippen LogP contribution is 2.08. The Kier molecular flexibility index (Phi) is 4.03. The van der Waals surface area contributed by atoms with Crippen molar-refractivity contribution in [3.8, 4) is 12.3 Å². The van der Waals surface area contributed by atoms with Crippen molar-refractivity contribution in [1.29, 1.82) is 0 Å². The van der Waals surface area contributed by atoms with E-state index in [0.29, 0.717) is 6.54 Å². The highest BCUT2D eigenvalue weighted by atomic mass is 15.1. The first-order valence-corrected chi connectivity index (χ1v) is 4.76. The first-order valence-electron chi connectivity index (χ1n) is 4.76. The molecule has 0 aliphatic heterocycles. The number of nitrogen functional groups attached to an aromatic ring is 1. The molecule has 0 heterocycles. The second kappa shape index (κ2) is 5.31. The second-order valence-electron chi connectivity index (χ2n) is 3.25. The number of benzene rings is 1. The summed E-state index contributed by atoms with van der Waals surface area (Å²) in [6, 6.07) is 7.91. The topological polar surface area (TPSA) is 29.3 Å². The van der Waals surface area contributed by atoms with Crippen LogP contribution in [-0.4, -0.2) is 18.0 Å². The molecule has 74 valence electrons. The zero-order valence-electron chi connectivity index (χ0n) is 8.53. The molecule has 2 N–H and O–H groups in total. The quantitative estimate of drug-likeness (QED) is 0.576. The Balaban J connectivity index is 2.63. The lowest BCUT2D eigenvalue weighted by Crippen LogP contribution is -2.22. The maximum absolute atomic E-state index is 5.69. The van der Waals surface area contributed by atoms with Crippen LogP contribution in [0.2, 0.25) is 0 Å². The van der Waals surface area contributed by atoms with Crippen LogP contribution in [0.1, 0.15) is 12.5 Å². The maximum Gasteiger partial charge on any atom is 0.0601 e. The lowest BCUT2D eigenvalue weighted by Gasteiger charge is -2.17. The monoisotopic (exact) mass is 188 g/mol. The molecule has 0 bridgehead atoms. The van der Waals surface area contributed by atoms with Crippen LogP contribution in [0.5, 0.6) is 0 Å². The van der Waals surface area contributed by atoms with Crippen molar-refractivity contribution >= 4 is 5.69 Å². The van der Waals surface area contributed by atoms with E-state index in [9.17, 15) is 0 Å². The predicted molar refractivity (Wildman–Crippen MR) is 60.6 cm³/mol. The van der Waals surface area contributed by atoms with Crippen LogP contribution < -0.4 is 5.73 Å². The third-order valence-electron chi connectivity index (χ3n) is 2.12. The van der Waals surface area contributed by atoms with Gasteiger partial charge in [0.15, 0.2) is 0 Å².